The number of anilines is 2. The van der Waals surface area contributed by atoms with Gasteiger partial charge in [0, 0.05) is 12.2 Å². The first-order valence-electron chi connectivity index (χ1n) is 5.89. The van der Waals surface area contributed by atoms with Gasteiger partial charge in [-0.1, -0.05) is 0 Å². The predicted octanol–water partition coefficient (Wildman–Crippen LogP) is 1.33. The fourth-order valence-corrected chi connectivity index (χ4v) is 1.96. The van der Waals surface area contributed by atoms with Crippen LogP contribution in [0.5, 0.6) is 0 Å². The largest absolute Gasteiger partial charge is 0.399 e. The minimum atomic E-state index is -0.270. The fraction of sp³-hybridized carbons (Fsp3) is 0.417. The number of aromatic amines is 1. The molecule has 1 fully saturated rings. The molecule has 0 saturated heterocycles. The average molecular weight is 232 g/mol. The molecule has 1 unspecified atom stereocenters. The van der Waals surface area contributed by atoms with Gasteiger partial charge in [0.05, 0.1) is 17.1 Å². The van der Waals surface area contributed by atoms with Crippen molar-refractivity contribution < 1.29 is 5.11 Å². The van der Waals surface area contributed by atoms with Crippen LogP contribution in [0.1, 0.15) is 12.8 Å². The number of aliphatic hydroxyl groups is 1. The standard InChI is InChI=1S/C12H16N4O/c13-8-3-4-9-10(5-8)16-12(15-9)14-6-11(17)7-1-2-7/h3-5,7,11,17H,1-2,6,13H2,(H2,14,15,16). The third-order valence-electron chi connectivity index (χ3n) is 3.15. The summed E-state index contributed by atoms with van der Waals surface area (Å²) in [4.78, 5) is 7.51. The number of hydrogen-bond acceptors (Lipinski definition) is 4. The Hall–Kier alpha value is -1.75. The van der Waals surface area contributed by atoms with Gasteiger partial charge in [-0.2, -0.15) is 0 Å². The van der Waals surface area contributed by atoms with Crippen molar-refractivity contribution in [1.29, 1.82) is 0 Å². The zero-order chi connectivity index (χ0) is 11.8. The molecule has 0 radical (unpaired) electrons. The molecule has 5 nitrogen and oxygen atoms in total. The molecule has 2 aromatic rings. The Morgan fingerprint density at radius 1 is 1.53 bits per heavy atom. The van der Waals surface area contributed by atoms with E-state index in [9.17, 15) is 5.11 Å². The Morgan fingerprint density at radius 2 is 2.35 bits per heavy atom. The third-order valence-corrected chi connectivity index (χ3v) is 3.15. The number of aliphatic hydroxyl groups excluding tert-OH is 1. The highest BCUT2D eigenvalue weighted by Gasteiger charge is 2.29. The van der Waals surface area contributed by atoms with E-state index in [1.54, 1.807) is 0 Å². The number of nitrogens with two attached hydrogens (primary N) is 1. The summed E-state index contributed by atoms with van der Waals surface area (Å²) in [5.41, 5.74) is 8.20. The molecule has 1 aliphatic carbocycles. The van der Waals surface area contributed by atoms with E-state index in [-0.39, 0.29) is 6.10 Å². The van der Waals surface area contributed by atoms with E-state index in [0.717, 1.165) is 23.9 Å². The molecular formula is C12H16N4O. The van der Waals surface area contributed by atoms with Gasteiger partial charge in [-0.25, -0.2) is 4.98 Å². The zero-order valence-electron chi connectivity index (χ0n) is 9.48. The minimum absolute atomic E-state index is 0.270. The molecule has 5 N–H and O–H groups in total. The van der Waals surface area contributed by atoms with Crippen LogP contribution in [0.25, 0.3) is 11.0 Å². The first kappa shape index (κ1) is 10.4. The number of hydrogen-bond donors (Lipinski definition) is 4. The summed E-state index contributed by atoms with van der Waals surface area (Å²) in [7, 11) is 0. The highest BCUT2D eigenvalue weighted by molar-refractivity contribution is 5.80. The molecule has 1 aromatic carbocycles. The molecule has 90 valence electrons. The summed E-state index contributed by atoms with van der Waals surface area (Å²) in [5, 5.41) is 12.9. The molecule has 3 rings (SSSR count). The van der Waals surface area contributed by atoms with E-state index >= 15 is 0 Å². The van der Waals surface area contributed by atoms with Gasteiger partial charge in [0.1, 0.15) is 0 Å². The summed E-state index contributed by atoms with van der Waals surface area (Å²) < 4.78 is 0. The van der Waals surface area contributed by atoms with Crippen LogP contribution in [0, 0.1) is 5.92 Å². The van der Waals surface area contributed by atoms with E-state index in [0.29, 0.717) is 24.1 Å². The number of benzene rings is 1. The number of H-pyrrole nitrogens is 1. The smallest absolute Gasteiger partial charge is 0.201 e. The van der Waals surface area contributed by atoms with Crippen molar-refractivity contribution in [3.8, 4) is 0 Å². The lowest BCUT2D eigenvalue weighted by Crippen LogP contribution is -2.21. The van der Waals surface area contributed by atoms with Gasteiger partial charge >= 0.3 is 0 Å². The van der Waals surface area contributed by atoms with Crippen LogP contribution in [0.2, 0.25) is 0 Å². The second kappa shape index (κ2) is 3.92. The number of aromatic nitrogens is 2. The first-order chi connectivity index (χ1) is 8.22. The van der Waals surface area contributed by atoms with E-state index in [4.69, 9.17) is 5.73 Å². The summed E-state index contributed by atoms with van der Waals surface area (Å²) in [6.07, 6.45) is 2.01. The summed E-state index contributed by atoms with van der Waals surface area (Å²) in [6.45, 7) is 0.542. The van der Waals surface area contributed by atoms with Gasteiger partial charge in [-0.15, -0.1) is 0 Å². The highest BCUT2D eigenvalue weighted by Crippen LogP contribution is 2.32. The number of rotatable bonds is 4. The number of nitrogen functional groups attached to an aromatic ring is 1. The maximum Gasteiger partial charge on any atom is 0.201 e. The highest BCUT2D eigenvalue weighted by atomic mass is 16.3. The maximum absolute atomic E-state index is 9.75. The SMILES string of the molecule is Nc1ccc2nc(NCC(O)C3CC3)[nH]c2c1. The topological polar surface area (TPSA) is 87.0 Å². The van der Waals surface area contributed by atoms with Gasteiger partial charge in [0.15, 0.2) is 0 Å². The second-order valence-corrected chi connectivity index (χ2v) is 4.65. The second-order valence-electron chi connectivity index (χ2n) is 4.65. The Morgan fingerprint density at radius 3 is 3.12 bits per heavy atom. The lowest BCUT2D eigenvalue weighted by Gasteiger charge is -2.08. The minimum Gasteiger partial charge on any atom is -0.399 e. The predicted molar refractivity (Wildman–Crippen MR) is 67.7 cm³/mol. The van der Waals surface area contributed by atoms with Gasteiger partial charge in [0.2, 0.25) is 5.95 Å². The van der Waals surface area contributed by atoms with Crippen molar-refractivity contribution in [2.24, 2.45) is 5.92 Å². The molecular weight excluding hydrogens is 216 g/mol. The Labute approximate surface area is 99.0 Å². The third kappa shape index (κ3) is 2.19. The zero-order valence-corrected chi connectivity index (χ0v) is 9.48. The molecule has 0 spiro atoms. The molecule has 1 aromatic heterocycles. The first-order valence-corrected chi connectivity index (χ1v) is 5.89. The van der Waals surface area contributed by atoms with Crippen molar-refractivity contribution in [3.05, 3.63) is 18.2 Å². The maximum atomic E-state index is 9.75. The van der Waals surface area contributed by atoms with Crippen LogP contribution in [0.15, 0.2) is 18.2 Å². The van der Waals surface area contributed by atoms with Crippen LogP contribution >= 0.6 is 0 Å². The Bertz CT molecular complexity index is 532. The quantitative estimate of drug-likeness (QED) is 0.599. The summed E-state index contributed by atoms with van der Waals surface area (Å²) in [6, 6.07) is 5.56. The molecule has 17 heavy (non-hydrogen) atoms. The van der Waals surface area contributed by atoms with E-state index < -0.39 is 0 Å². The van der Waals surface area contributed by atoms with Crippen LogP contribution in [0.3, 0.4) is 0 Å². The van der Waals surface area contributed by atoms with Gasteiger partial charge in [-0.05, 0) is 37.0 Å². The van der Waals surface area contributed by atoms with Crippen LogP contribution < -0.4 is 11.1 Å². The number of nitrogens with one attached hydrogen (secondary N) is 2. The molecule has 1 heterocycles. The number of fused-ring (bicyclic) bond motifs is 1. The van der Waals surface area contributed by atoms with Crippen molar-refractivity contribution in [3.63, 3.8) is 0 Å². The Balaban J connectivity index is 1.72. The lowest BCUT2D eigenvalue weighted by atomic mass is 10.2. The normalized spacial score (nSPS) is 17.2. The lowest BCUT2D eigenvalue weighted by molar-refractivity contribution is 0.164. The number of nitrogens with zero attached hydrogens (tertiary/aromatic N) is 1. The van der Waals surface area contributed by atoms with Crippen LogP contribution in [0.4, 0.5) is 11.6 Å². The molecule has 1 aliphatic rings. The molecule has 0 aliphatic heterocycles. The fourth-order valence-electron chi connectivity index (χ4n) is 1.96. The molecule has 1 atom stereocenters. The molecule has 0 amide bonds. The van der Waals surface area contributed by atoms with E-state index in [1.807, 2.05) is 18.2 Å². The van der Waals surface area contributed by atoms with E-state index in [1.165, 1.54) is 0 Å². The molecule has 0 bridgehead atoms. The summed E-state index contributed by atoms with van der Waals surface area (Å²) in [5.74, 6) is 1.16. The van der Waals surface area contributed by atoms with Crippen molar-refractivity contribution in [1.82, 2.24) is 9.97 Å². The number of imidazole rings is 1. The van der Waals surface area contributed by atoms with Crippen molar-refractivity contribution >= 4 is 22.7 Å². The van der Waals surface area contributed by atoms with Crippen LogP contribution in [-0.4, -0.2) is 27.7 Å². The van der Waals surface area contributed by atoms with Gasteiger partial charge < -0.3 is 21.1 Å². The van der Waals surface area contributed by atoms with Gasteiger partial charge in [0.25, 0.3) is 0 Å². The van der Waals surface area contributed by atoms with Gasteiger partial charge in [-0.3, -0.25) is 0 Å². The molecule has 5 heteroatoms. The monoisotopic (exact) mass is 232 g/mol. The Kier molecular flexibility index (Phi) is 2.40. The van der Waals surface area contributed by atoms with Crippen LogP contribution in [-0.2, 0) is 0 Å². The summed E-state index contributed by atoms with van der Waals surface area (Å²) >= 11 is 0. The van der Waals surface area contributed by atoms with E-state index in [2.05, 4.69) is 15.3 Å². The van der Waals surface area contributed by atoms with Crippen molar-refractivity contribution in [2.45, 2.75) is 18.9 Å². The van der Waals surface area contributed by atoms with Crippen molar-refractivity contribution in [2.75, 3.05) is 17.6 Å². The molecule has 1 saturated carbocycles. The average Bonchev–Trinajstić information content (AvgIpc) is 3.07.